The summed E-state index contributed by atoms with van der Waals surface area (Å²) in [5, 5.41) is 0. The summed E-state index contributed by atoms with van der Waals surface area (Å²) in [4.78, 5) is 0. The molecular weight excluding hydrogens is 324 g/mol. The van der Waals surface area contributed by atoms with Gasteiger partial charge >= 0.3 is 70.7 Å². The third kappa shape index (κ3) is 26.3. The molecule has 0 aliphatic heterocycles. The predicted octanol–water partition coefficient (Wildman–Crippen LogP) is -1.80. The summed E-state index contributed by atoms with van der Waals surface area (Å²) in [5.74, 6) is 0. The van der Waals surface area contributed by atoms with Crippen LogP contribution >= 0.6 is 0 Å². The first-order chi connectivity index (χ1) is 2.00. The van der Waals surface area contributed by atoms with Crippen LogP contribution in [-0.4, -0.2) is 48.4 Å². The Kier molecular flexibility index (Phi) is 133. The summed E-state index contributed by atoms with van der Waals surface area (Å²) in [6, 6.07) is 0. The van der Waals surface area contributed by atoms with E-state index in [1.54, 1.807) is 0 Å². The van der Waals surface area contributed by atoms with Crippen molar-refractivity contribution in [2.24, 2.45) is 0 Å². The molecule has 0 atom stereocenters. The Morgan fingerprint density at radius 2 is 1.20 bits per heavy atom. The molecule has 0 N–H and O–H groups in total. The van der Waals surface area contributed by atoms with E-state index in [2.05, 4.69) is 15.4 Å². The summed E-state index contributed by atoms with van der Waals surface area (Å²) < 4.78 is 16.2. The van der Waals surface area contributed by atoms with Crippen LogP contribution in [0.2, 0.25) is 0 Å². The van der Waals surface area contributed by atoms with E-state index in [4.69, 9.17) is 6.97 Å². The summed E-state index contributed by atoms with van der Waals surface area (Å²) in [7, 11) is 0. The van der Waals surface area contributed by atoms with E-state index in [-0.39, 0.29) is 25.8 Å². The van der Waals surface area contributed by atoms with E-state index in [0.29, 0.717) is 22.5 Å². The monoisotopic (exact) mass is 328 g/mol. The second-order valence-electron chi connectivity index (χ2n) is 0. The van der Waals surface area contributed by atoms with Crippen LogP contribution in [0.5, 0.6) is 0 Å². The molecular formula is H3InNiO2Sn. The molecule has 0 spiro atoms. The molecule has 0 rings (SSSR count). The van der Waals surface area contributed by atoms with Crippen molar-refractivity contribution in [1.29, 1.82) is 0 Å². The van der Waals surface area contributed by atoms with Crippen molar-refractivity contribution in [3.05, 3.63) is 0 Å². The molecule has 0 heterocycles. The van der Waals surface area contributed by atoms with Crippen LogP contribution in [0.3, 0.4) is 0 Å². The quantitative estimate of drug-likeness (QED) is 0.492. The summed E-state index contributed by atoms with van der Waals surface area (Å²) >= 11 is 2.92. The zero-order valence-corrected chi connectivity index (χ0v) is 5.47. The Bertz CT molecular complexity index is 11.6. The Balaban J connectivity index is -0.0000000133. The standard InChI is InChI=1S/In.Ni.2O.Sn.3H. The van der Waals surface area contributed by atoms with Gasteiger partial charge in [-0.3, -0.25) is 0 Å². The van der Waals surface area contributed by atoms with Crippen molar-refractivity contribution < 1.29 is 22.4 Å². The molecule has 5 heteroatoms. The van der Waals surface area contributed by atoms with Gasteiger partial charge in [0.2, 0.25) is 0 Å². The number of hydrogen-bond donors (Lipinski definition) is 0. The van der Waals surface area contributed by atoms with Crippen molar-refractivity contribution in [1.82, 2.24) is 0 Å². The van der Waals surface area contributed by atoms with Crippen LogP contribution in [0.15, 0.2) is 0 Å². The van der Waals surface area contributed by atoms with Gasteiger partial charge in [-0.2, -0.15) is 0 Å². The van der Waals surface area contributed by atoms with Gasteiger partial charge in [0, 0.05) is 0 Å². The third-order valence-electron chi connectivity index (χ3n) is 0. The second-order valence-corrected chi connectivity index (χ2v) is 0. The molecule has 32 valence electrons. The Hall–Kier alpha value is 1.76. The van der Waals surface area contributed by atoms with Crippen molar-refractivity contribution in [3.63, 3.8) is 0 Å². The fourth-order valence-electron chi connectivity index (χ4n) is 0. The molecule has 0 unspecified atom stereocenters. The van der Waals surface area contributed by atoms with Gasteiger partial charge in [0.25, 0.3) is 0 Å². The van der Waals surface area contributed by atoms with Crippen LogP contribution in [0.1, 0.15) is 0 Å². The third-order valence-corrected chi connectivity index (χ3v) is 0. The van der Waals surface area contributed by atoms with Gasteiger partial charge in [-0.05, 0) is 0 Å². The van der Waals surface area contributed by atoms with Crippen LogP contribution in [-0.2, 0) is 22.4 Å². The maximum atomic E-state index is 8.34. The average molecular weight is 327 g/mol. The van der Waals surface area contributed by atoms with E-state index in [1.165, 1.54) is 0 Å². The predicted molar refractivity (Wildman–Crippen MR) is 17.1 cm³/mol. The van der Waals surface area contributed by atoms with Gasteiger partial charge in [0.1, 0.15) is 0 Å². The summed E-state index contributed by atoms with van der Waals surface area (Å²) in [6.07, 6.45) is 0. The molecule has 0 bridgehead atoms. The van der Waals surface area contributed by atoms with E-state index in [0.717, 1.165) is 0 Å². The van der Waals surface area contributed by atoms with E-state index < -0.39 is 0 Å². The normalized spacial score (nSPS) is 2.00. The van der Waals surface area contributed by atoms with Gasteiger partial charge in [-0.15, -0.1) is 0 Å². The minimum absolute atomic E-state index is 0. The second kappa shape index (κ2) is 42.1. The molecule has 2 radical (unpaired) electrons. The van der Waals surface area contributed by atoms with E-state index in [1.807, 2.05) is 0 Å². The molecule has 0 fully saturated rings. The van der Waals surface area contributed by atoms with Crippen molar-refractivity contribution in [2.75, 3.05) is 0 Å². The van der Waals surface area contributed by atoms with Gasteiger partial charge in [0.15, 0.2) is 0 Å². The van der Waals surface area contributed by atoms with Crippen LogP contribution < -0.4 is 0 Å². The molecule has 0 aliphatic rings. The molecule has 0 aliphatic carbocycles. The van der Waals surface area contributed by atoms with Gasteiger partial charge in [-0.1, -0.05) is 0 Å². The molecule has 0 aromatic heterocycles. The van der Waals surface area contributed by atoms with Crippen LogP contribution in [0.25, 0.3) is 0 Å². The van der Waals surface area contributed by atoms with Gasteiger partial charge < -0.3 is 0 Å². The zero-order chi connectivity index (χ0) is 4.00. The van der Waals surface area contributed by atoms with Crippen molar-refractivity contribution in [2.45, 2.75) is 0 Å². The fourth-order valence-corrected chi connectivity index (χ4v) is 0. The molecule has 0 amide bonds. The maximum absolute atomic E-state index is 8.34. The molecule has 0 aromatic rings. The van der Waals surface area contributed by atoms with Crippen LogP contribution in [0.4, 0.5) is 0 Å². The van der Waals surface area contributed by atoms with Crippen LogP contribution in [0, 0.1) is 0 Å². The molecule has 0 saturated carbocycles. The van der Waals surface area contributed by atoms with E-state index >= 15 is 0 Å². The summed E-state index contributed by atoms with van der Waals surface area (Å²) in [5.41, 5.74) is 0. The first-order valence-electron chi connectivity index (χ1n) is 0.333. The zero-order valence-electron chi connectivity index (χ0n) is 1.63. The molecule has 2 nitrogen and oxygen atoms in total. The number of hydrogen-bond acceptors (Lipinski definition) is 2. The molecule has 0 aromatic carbocycles. The SMILES string of the molecule is [InH3].[O]=[Ni].[O]=[Sn]. The Morgan fingerprint density at radius 1 is 1.20 bits per heavy atom. The topological polar surface area (TPSA) is 34.1 Å². The average Bonchev–Trinajstić information content (AvgIpc) is 1.50. The van der Waals surface area contributed by atoms with Crippen molar-refractivity contribution >= 4 is 48.4 Å². The van der Waals surface area contributed by atoms with Gasteiger partial charge in [0.05, 0.1) is 0 Å². The molecule has 5 heavy (non-hydrogen) atoms. The molecule has 0 saturated heterocycles. The Morgan fingerprint density at radius 3 is 1.20 bits per heavy atom. The van der Waals surface area contributed by atoms with Crippen molar-refractivity contribution in [3.8, 4) is 0 Å². The summed E-state index contributed by atoms with van der Waals surface area (Å²) in [6.45, 7) is 0. The Labute approximate surface area is 69.9 Å². The first kappa shape index (κ1) is 15.9. The minimum atomic E-state index is 0. The first-order valence-corrected chi connectivity index (χ1v) is 1.90. The van der Waals surface area contributed by atoms with Gasteiger partial charge in [-0.25, -0.2) is 0 Å². The fraction of sp³-hybridized carbons (Fsp3) is 0. The van der Waals surface area contributed by atoms with E-state index in [9.17, 15) is 0 Å². The number of rotatable bonds is 0.